The molecule has 2 N–H and O–H groups in total. The van der Waals surface area contributed by atoms with Gasteiger partial charge in [-0.25, -0.2) is 9.59 Å². The van der Waals surface area contributed by atoms with Gasteiger partial charge in [0.25, 0.3) is 5.91 Å². The number of nitrogens with zero attached hydrogens (tertiary/aromatic N) is 2. The molecule has 172 valence electrons. The lowest BCUT2D eigenvalue weighted by Crippen LogP contribution is -2.49. The molecule has 1 heterocycles. The van der Waals surface area contributed by atoms with Crippen LogP contribution in [0.3, 0.4) is 0 Å². The van der Waals surface area contributed by atoms with Crippen molar-refractivity contribution < 1.29 is 19.2 Å². The topological polar surface area (TPSA) is 98.8 Å². The first-order valence-electron chi connectivity index (χ1n) is 11.3. The molecule has 1 saturated heterocycles. The van der Waals surface area contributed by atoms with E-state index in [1.54, 1.807) is 24.3 Å². The molecule has 2 aromatic carbocycles. The number of carbonyl (C=O) groups excluding carboxylic acids is 4. The predicted molar refractivity (Wildman–Crippen MR) is 122 cm³/mol. The minimum absolute atomic E-state index is 0.0467. The van der Waals surface area contributed by atoms with Crippen LogP contribution >= 0.6 is 0 Å². The summed E-state index contributed by atoms with van der Waals surface area (Å²) >= 11 is 0. The summed E-state index contributed by atoms with van der Waals surface area (Å²) in [7, 11) is 0. The highest BCUT2D eigenvalue weighted by Crippen LogP contribution is 2.32. The lowest BCUT2D eigenvalue weighted by atomic mass is 9.96. The molecule has 0 radical (unpaired) electrons. The van der Waals surface area contributed by atoms with Crippen molar-refractivity contribution in [2.45, 2.75) is 50.7 Å². The maximum atomic E-state index is 13.2. The van der Waals surface area contributed by atoms with Gasteiger partial charge in [-0.15, -0.1) is 0 Å². The molecule has 6 amide bonds. The predicted octanol–water partition coefficient (Wildman–Crippen LogP) is 3.35. The zero-order chi connectivity index (χ0) is 23.2. The van der Waals surface area contributed by atoms with Crippen molar-refractivity contribution in [3.63, 3.8) is 0 Å². The molecule has 1 aliphatic heterocycles. The van der Waals surface area contributed by atoms with Crippen molar-refractivity contribution in [1.29, 1.82) is 0 Å². The van der Waals surface area contributed by atoms with Crippen LogP contribution in [0, 0.1) is 0 Å². The van der Waals surface area contributed by atoms with Crippen molar-refractivity contribution in [2.75, 3.05) is 6.54 Å². The molecule has 8 heteroatoms. The summed E-state index contributed by atoms with van der Waals surface area (Å²) < 4.78 is 0. The minimum atomic E-state index is -0.831. The molecule has 8 nitrogen and oxygen atoms in total. The smallest absolute Gasteiger partial charge is 0.328 e. The van der Waals surface area contributed by atoms with Crippen molar-refractivity contribution in [1.82, 2.24) is 20.4 Å². The fourth-order valence-electron chi connectivity index (χ4n) is 4.46. The van der Waals surface area contributed by atoms with E-state index < -0.39 is 36.5 Å². The van der Waals surface area contributed by atoms with Gasteiger partial charge in [0.15, 0.2) is 0 Å². The normalized spacial score (nSPS) is 19.0. The molecule has 0 bridgehead atoms. The Balaban J connectivity index is 1.46. The van der Waals surface area contributed by atoms with Crippen molar-refractivity contribution in [3.8, 4) is 0 Å². The maximum Gasteiger partial charge on any atom is 0.328 e. The summed E-state index contributed by atoms with van der Waals surface area (Å²) in [6.07, 6.45) is 5.03. The van der Waals surface area contributed by atoms with E-state index in [0.717, 1.165) is 42.6 Å². The summed E-state index contributed by atoms with van der Waals surface area (Å²) in [6.45, 7) is -0.282. The van der Waals surface area contributed by atoms with E-state index in [4.69, 9.17) is 0 Å². The number of imide groups is 2. The molecule has 2 aliphatic rings. The number of hydrogen-bond acceptors (Lipinski definition) is 4. The monoisotopic (exact) mass is 448 g/mol. The summed E-state index contributed by atoms with van der Waals surface area (Å²) in [5.74, 6) is -1.18. The van der Waals surface area contributed by atoms with E-state index in [2.05, 4.69) is 10.6 Å². The van der Waals surface area contributed by atoms with Crippen molar-refractivity contribution >= 4 is 23.9 Å². The van der Waals surface area contributed by atoms with Crippen LogP contribution in [0.5, 0.6) is 0 Å². The summed E-state index contributed by atoms with van der Waals surface area (Å²) in [5.41, 5.74) is 1.54. The molecule has 0 aromatic heterocycles. The second kappa shape index (κ2) is 10.3. The first-order valence-corrected chi connectivity index (χ1v) is 11.3. The van der Waals surface area contributed by atoms with Crippen molar-refractivity contribution in [3.05, 3.63) is 71.8 Å². The number of rotatable bonds is 6. The molecular weight excluding hydrogens is 420 g/mol. The molecule has 4 rings (SSSR count). The summed E-state index contributed by atoms with van der Waals surface area (Å²) in [4.78, 5) is 53.5. The largest absolute Gasteiger partial charge is 0.335 e. The first-order chi connectivity index (χ1) is 16.0. The molecule has 1 saturated carbocycles. The zero-order valence-corrected chi connectivity index (χ0v) is 18.4. The van der Waals surface area contributed by atoms with Crippen LogP contribution in [0.15, 0.2) is 60.7 Å². The van der Waals surface area contributed by atoms with Crippen LogP contribution in [0.2, 0.25) is 0 Å². The Hall–Kier alpha value is -3.68. The van der Waals surface area contributed by atoms with Gasteiger partial charge < -0.3 is 10.2 Å². The van der Waals surface area contributed by atoms with E-state index in [0.29, 0.717) is 5.56 Å². The molecular formula is C25H28N4O4. The second-order valence-corrected chi connectivity index (χ2v) is 8.49. The van der Waals surface area contributed by atoms with Crippen LogP contribution < -0.4 is 10.6 Å². The Labute approximate surface area is 192 Å². The van der Waals surface area contributed by atoms with Gasteiger partial charge in [0, 0.05) is 12.6 Å². The molecule has 1 unspecified atom stereocenters. The van der Waals surface area contributed by atoms with Gasteiger partial charge in [0.2, 0.25) is 5.91 Å². The Morgan fingerprint density at radius 1 is 0.879 bits per heavy atom. The van der Waals surface area contributed by atoms with Gasteiger partial charge in [-0.3, -0.25) is 19.8 Å². The SMILES string of the molecule is O=C(CN1C(=O)C(c2ccccc2)N(Cc2ccccc2)C1=O)NC(=O)NC1CCCCC1. The zero-order valence-electron chi connectivity index (χ0n) is 18.4. The van der Waals surface area contributed by atoms with Gasteiger partial charge in [-0.2, -0.15) is 0 Å². The van der Waals surface area contributed by atoms with Gasteiger partial charge in [0.1, 0.15) is 12.6 Å². The lowest BCUT2D eigenvalue weighted by molar-refractivity contribution is -0.132. The van der Waals surface area contributed by atoms with E-state index in [1.165, 1.54) is 4.90 Å². The standard InChI is InChI=1S/C25H28N4O4/c30-21(27-24(32)26-20-14-8-3-9-15-20)17-29-23(31)22(19-12-6-2-7-13-19)28(25(29)33)16-18-10-4-1-5-11-18/h1-2,4-7,10-13,20,22H,3,8-9,14-17H2,(H2,26,27,30,32). The van der Waals surface area contributed by atoms with Crippen molar-refractivity contribution in [2.24, 2.45) is 0 Å². The number of urea groups is 2. The third-order valence-corrected chi connectivity index (χ3v) is 6.09. The Kier molecular flexibility index (Phi) is 7.02. The Morgan fingerprint density at radius 3 is 2.18 bits per heavy atom. The van der Waals surface area contributed by atoms with E-state index in [9.17, 15) is 19.2 Å². The summed E-state index contributed by atoms with van der Waals surface area (Å²) in [5, 5.41) is 5.06. The molecule has 1 atom stereocenters. The number of amides is 6. The maximum absolute atomic E-state index is 13.2. The van der Waals surface area contributed by atoms with Crippen LogP contribution in [0.4, 0.5) is 9.59 Å². The van der Waals surface area contributed by atoms with Crippen LogP contribution in [-0.2, 0) is 16.1 Å². The van der Waals surface area contributed by atoms with Crippen LogP contribution in [0.1, 0.15) is 49.3 Å². The highest BCUT2D eigenvalue weighted by molar-refractivity contribution is 6.08. The molecule has 2 aromatic rings. The fourth-order valence-corrected chi connectivity index (χ4v) is 4.46. The molecule has 33 heavy (non-hydrogen) atoms. The second-order valence-electron chi connectivity index (χ2n) is 8.49. The molecule has 1 aliphatic carbocycles. The third kappa shape index (κ3) is 5.39. The van der Waals surface area contributed by atoms with Gasteiger partial charge >= 0.3 is 12.1 Å². The molecule has 0 spiro atoms. The average Bonchev–Trinajstić information content (AvgIpc) is 3.05. The fraction of sp³-hybridized carbons (Fsp3) is 0.360. The van der Waals surface area contributed by atoms with Crippen LogP contribution in [0.25, 0.3) is 0 Å². The number of hydrogen-bond donors (Lipinski definition) is 2. The quantitative estimate of drug-likeness (QED) is 0.662. The average molecular weight is 449 g/mol. The van der Waals surface area contributed by atoms with Crippen LogP contribution in [-0.4, -0.2) is 46.3 Å². The van der Waals surface area contributed by atoms with E-state index in [1.807, 2.05) is 36.4 Å². The minimum Gasteiger partial charge on any atom is -0.335 e. The third-order valence-electron chi connectivity index (χ3n) is 6.09. The van der Waals surface area contributed by atoms with Gasteiger partial charge in [0.05, 0.1) is 0 Å². The number of nitrogens with one attached hydrogen (secondary N) is 2. The summed E-state index contributed by atoms with van der Waals surface area (Å²) in [6, 6.07) is 16.5. The number of benzene rings is 2. The first kappa shape index (κ1) is 22.5. The van der Waals surface area contributed by atoms with Gasteiger partial charge in [-0.05, 0) is 24.0 Å². The Bertz CT molecular complexity index is 1010. The van der Waals surface area contributed by atoms with E-state index >= 15 is 0 Å². The van der Waals surface area contributed by atoms with E-state index in [-0.39, 0.29) is 12.6 Å². The molecule has 2 fully saturated rings. The Morgan fingerprint density at radius 2 is 1.52 bits per heavy atom. The highest BCUT2D eigenvalue weighted by Gasteiger charge is 2.46. The number of carbonyl (C=O) groups is 4. The highest BCUT2D eigenvalue weighted by atomic mass is 16.2. The lowest BCUT2D eigenvalue weighted by Gasteiger charge is -2.23. The van der Waals surface area contributed by atoms with Gasteiger partial charge in [-0.1, -0.05) is 79.9 Å².